The Bertz CT molecular complexity index is 646. The molecule has 6 heteroatoms. The van der Waals surface area contributed by atoms with E-state index >= 15 is 0 Å². The normalized spacial score (nSPS) is 11.7. The van der Waals surface area contributed by atoms with Crippen molar-refractivity contribution in [3.63, 3.8) is 0 Å². The fourth-order valence-corrected chi connectivity index (χ4v) is 1.83. The second-order valence-corrected chi connectivity index (χ2v) is 4.40. The summed E-state index contributed by atoms with van der Waals surface area (Å²) in [5.41, 5.74) is 0.532. The van der Waals surface area contributed by atoms with Crippen molar-refractivity contribution in [1.82, 2.24) is 10.3 Å². The minimum absolute atomic E-state index is 0.126. The van der Waals surface area contributed by atoms with Gasteiger partial charge in [0.1, 0.15) is 11.9 Å². The minimum Gasteiger partial charge on any atom is -0.480 e. The van der Waals surface area contributed by atoms with Crippen LogP contribution in [0.4, 0.5) is 4.39 Å². The van der Waals surface area contributed by atoms with Crippen LogP contribution in [0.15, 0.2) is 48.8 Å². The number of rotatable bonds is 5. The Morgan fingerprint density at radius 1 is 1.19 bits per heavy atom. The number of carboxylic acids is 1. The Labute approximate surface area is 120 Å². The number of carboxylic acid groups (broad SMARTS) is 1. The van der Waals surface area contributed by atoms with Gasteiger partial charge in [-0.15, -0.1) is 0 Å². The van der Waals surface area contributed by atoms with Crippen LogP contribution in [0.3, 0.4) is 0 Å². The largest absolute Gasteiger partial charge is 0.480 e. The van der Waals surface area contributed by atoms with Crippen LogP contribution in [0, 0.1) is 5.82 Å². The number of carbonyl (C=O) groups is 2. The van der Waals surface area contributed by atoms with Gasteiger partial charge in [-0.1, -0.05) is 18.2 Å². The van der Waals surface area contributed by atoms with Gasteiger partial charge < -0.3 is 10.4 Å². The molecule has 0 spiro atoms. The predicted octanol–water partition coefficient (Wildman–Crippen LogP) is 1.65. The van der Waals surface area contributed by atoms with E-state index in [1.165, 1.54) is 42.7 Å². The number of nitrogens with one attached hydrogen (secondary N) is 1. The zero-order valence-electron chi connectivity index (χ0n) is 11.0. The summed E-state index contributed by atoms with van der Waals surface area (Å²) in [6.45, 7) is 0. The lowest BCUT2D eigenvalue weighted by molar-refractivity contribution is -0.139. The molecule has 21 heavy (non-hydrogen) atoms. The maximum absolute atomic E-state index is 13.6. The maximum atomic E-state index is 13.6. The lowest BCUT2D eigenvalue weighted by atomic mass is 10.0. The van der Waals surface area contributed by atoms with E-state index in [1.807, 2.05) is 0 Å². The molecule has 0 aliphatic carbocycles. The van der Waals surface area contributed by atoms with E-state index in [1.54, 1.807) is 6.07 Å². The fraction of sp³-hybridized carbons (Fsp3) is 0.133. The van der Waals surface area contributed by atoms with Crippen molar-refractivity contribution in [2.24, 2.45) is 0 Å². The zero-order valence-corrected chi connectivity index (χ0v) is 11.0. The van der Waals surface area contributed by atoms with E-state index in [2.05, 4.69) is 10.3 Å². The Kier molecular flexibility index (Phi) is 4.61. The molecule has 0 aliphatic rings. The molecule has 1 atom stereocenters. The molecule has 2 rings (SSSR count). The second-order valence-electron chi connectivity index (χ2n) is 4.40. The molecule has 2 N–H and O–H groups in total. The molecule has 1 heterocycles. The molecule has 0 bridgehead atoms. The highest BCUT2D eigenvalue weighted by Crippen LogP contribution is 2.10. The van der Waals surface area contributed by atoms with Crippen LogP contribution in [0.1, 0.15) is 15.9 Å². The van der Waals surface area contributed by atoms with Gasteiger partial charge in [-0.05, 0) is 23.8 Å². The fourth-order valence-electron chi connectivity index (χ4n) is 1.83. The molecule has 0 saturated heterocycles. The average Bonchev–Trinajstić information content (AvgIpc) is 2.49. The van der Waals surface area contributed by atoms with Gasteiger partial charge in [0, 0.05) is 24.4 Å². The molecule has 0 saturated carbocycles. The molecule has 0 aliphatic heterocycles. The van der Waals surface area contributed by atoms with Crippen LogP contribution >= 0.6 is 0 Å². The molecule has 0 radical (unpaired) electrons. The summed E-state index contributed by atoms with van der Waals surface area (Å²) in [6.07, 6.45) is 2.74. The summed E-state index contributed by atoms with van der Waals surface area (Å²) in [5, 5.41) is 11.5. The standard InChI is InChI=1S/C15H13FN2O3/c16-12-4-2-1-3-11(12)9-13(15(20)21)18-14(19)10-5-7-17-8-6-10/h1-8,13H,9H2,(H,18,19)(H,20,21)/t13-/m0/s1. The lowest BCUT2D eigenvalue weighted by Crippen LogP contribution is -2.42. The predicted molar refractivity (Wildman–Crippen MR) is 73.2 cm³/mol. The van der Waals surface area contributed by atoms with Crippen molar-refractivity contribution in [2.75, 3.05) is 0 Å². The Morgan fingerprint density at radius 3 is 2.48 bits per heavy atom. The van der Waals surface area contributed by atoms with Crippen LogP contribution in [-0.4, -0.2) is 28.0 Å². The van der Waals surface area contributed by atoms with Crippen LogP contribution in [0.25, 0.3) is 0 Å². The lowest BCUT2D eigenvalue weighted by Gasteiger charge is -2.15. The van der Waals surface area contributed by atoms with E-state index < -0.39 is 23.7 Å². The summed E-state index contributed by atoms with van der Waals surface area (Å²) in [6, 6.07) is 7.60. The first-order valence-corrected chi connectivity index (χ1v) is 6.25. The first kappa shape index (κ1) is 14.6. The third kappa shape index (κ3) is 3.85. The molecular formula is C15H13FN2O3. The Hall–Kier alpha value is -2.76. The van der Waals surface area contributed by atoms with Crippen molar-refractivity contribution >= 4 is 11.9 Å². The Morgan fingerprint density at radius 2 is 1.86 bits per heavy atom. The first-order valence-electron chi connectivity index (χ1n) is 6.25. The number of aromatic nitrogens is 1. The number of hydrogen-bond donors (Lipinski definition) is 2. The van der Waals surface area contributed by atoms with Gasteiger partial charge in [0.05, 0.1) is 0 Å². The number of carbonyl (C=O) groups excluding carboxylic acids is 1. The number of nitrogens with zero attached hydrogens (tertiary/aromatic N) is 1. The van der Waals surface area contributed by atoms with Gasteiger partial charge in [-0.2, -0.15) is 0 Å². The number of amides is 1. The summed E-state index contributed by atoms with van der Waals surface area (Å²) < 4.78 is 13.6. The maximum Gasteiger partial charge on any atom is 0.326 e. The Balaban J connectivity index is 2.12. The van der Waals surface area contributed by atoms with Crippen molar-refractivity contribution < 1.29 is 19.1 Å². The van der Waals surface area contributed by atoms with E-state index in [0.29, 0.717) is 5.56 Å². The topological polar surface area (TPSA) is 79.3 Å². The van der Waals surface area contributed by atoms with Crippen molar-refractivity contribution in [3.8, 4) is 0 Å². The number of benzene rings is 1. The van der Waals surface area contributed by atoms with E-state index in [4.69, 9.17) is 0 Å². The van der Waals surface area contributed by atoms with Crippen LogP contribution in [0.2, 0.25) is 0 Å². The van der Waals surface area contributed by atoms with Crippen molar-refractivity contribution in [3.05, 3.63) is 65.7 Å². The first-order chi connectivity index (χ1) is 10.1. The smallest absolute Gasteiger partial charge is 0.326 e. The summed E-state index contributed by atoms with van der Waals surface area (Å²) >= 11 is 0. The third-order valence-electron chi connectivity index (χ3n) is 2.93. The van der Waals surface area contributed by atoms with Gasteiger partial charge in [-0.25, -0.2) is 9.18 Å². The van der Waals surface area contributed by atoms with Gasteiger partial charge in [-0.3, -0.25) is 9.78 Å². The minimum atomic E-state index is -1.22. The van der Waals surface area contributed by atoms with Gasteiger partial charge in [0.2, 0.25) is 0 Å². The third-order valence-corrected chi connectivity index (χ3v) is 2.93. The highest BCUT2D eigenvalue weighted by atomic mass is 19.1. The van der Waals surface area contributed by atoms with Gasteiger partial charge in [0.15, 0.2) is 0 Å². The highest BCUT2D eigenvalue weighted by molar-refractivity contribution is 5.96. The van der Waals surface area contributed by atoms with Gasteiger partial charge >= 0.3 is 5.97 Å². The molecule has 1 aromatic heterocycles. The monoisotopic (exact) mass is 288 g/mol. The van der Waals surface area contributed by atoms with E-state index in [0.717, 1.165) is 0 Å². The number of aliphatic carboxylic acids is 1. The molecule has 5 nitrogen and oxygen atoms in total. The molecule has 0 fully saturated rings. The second kappa shape index (κ2) is 6.60. The van der Waals surface area contributed by atoms with E-state index in [9.17, 15) is 19.1 Å². The summed E-state index contributed by atoms with van der Waals surface area (Å²) in [5.74, 6) is -2.26. The SMILES string of the molecule is O=C(N[C@@H](Cc1ccccc1F)C(=O)O)c1ccncc1. The zero-order chi connectivity index (χ0) is 15.2. The highest BCUT2D eigenvalue weighted by Gasteiger charge is 2.22. The molecule has 108 valence electrons. The van der Waals surface area contributed by atoms with Crippen LogP contribution in [-0.2, 0) is 11.2 Å². The molecule has 1 aromatic carbocycles. The molecular weight excluding hydrogens is 275 g/mol. The van der Waals surface area contributed by atoms with Gasteiger partial charge in [0.25, 0.3) is 5.91 Å². The van der Waals surface area contributed by atoms with Crippen molar-refractivity contribution in [1.29, 1.82) is 0 Å². The van der Waals surface area contributed by atoms with Crippen LogP contribution in [0.5, 0.6) is 0 Å². The average molecular weight is 288 g/mol. The number of pyridine rings is 1. The molecule has 1 amide bonds. The summed E-state index contributed by atoms with van der Waals surface area (Å²) in [4.78, 5) is 26.9. The quantitative estimate of drug-likeness (QED) is 0.876. The van der Waals surface area contributed by atoms with E-state index in [-0.39, 0.29) is 12.0 Å². The molecule has 0 unspecified atom stereocenters. The van der Waals surface area contributed by atoms with Crippen LogP contribution < -0.4 is 5.32 Å². The number of halogens is 1. The van der Waals surface area contributed by atoms with Crippen molar-refractivity contribution in [2.45, 2.75) is 12.5 Å². The summed E-state index contributed by atoms with van der Waals surface area (Å²) in [7, 11) is 0. The number of hydrogen-bond acceptors (Lipinski definition) is 3. The molecule has 2 aromatic rings.